The Morgan fingerprint density at radius 2 is 1.65 bits per heavy atom. The molecule has 0 fully saturated rings. The molecule has 0 aliphatic carbocycles. The van der Waals surface area contributed by atoms with Gasteiger partial charge < -0.3 is 9.88 Å². The van der Waals surface area contributed by atoms with Gasteiger partial charge in [0.25, 0.3) is 0 Å². The first kappa shape index (κ1) is 19.3. The van der Waals surface area contributed by atoms with Gasteiger partial charge in [-0.25, -0.2) is 9.97 Å². The van der Waals surface area contributed by atoms with Gasteiger partial charge in [-0.05, 0) is 49.2 Å². The highest BCUT2D eigenvalue weighted by molar-refractivity contribution is 6.31. The van der Waals surface area contributed by atoms with Crippen molar-refractivity contribution < 1.29 is 0 Å². The number of nitrogens with zero attached hydrogens (tertiary/aromatic N) is 3. The molecule has 2 aromatic heterocycles. The van der Waals surface area contributed by atoms with Crippen LogP contribution in [-0.4, -0.2) is 14.5 Å². The second-order valence-electron chi connectivity index (χ2n) is 7.62. The molecule has 1 N–H and O–H groups in total. The fourth-order valence-corrected chi connectivity index (χ4v) is 3.87. The third-order valence-corrected chi connectivity index (χ3v) is 5.82. The van der Waals surface area contributed by atoms with Gasteiger partial charge in [-0.1, -0.05) is 65.7 Å². The standard InChI is InChI=1S/C26H21ClN4/c1-17-8-11-20(12-9-17)30-25-24-22(19-6-4-3-5-7-19)15-31(26(24)29-16-28-25)21-13-10-18(2)23(27)14-21/h3-16H,1-2H3,(H,28,29,30). The maximum Gasteiger partial charge on any atom is 0.150 e. The summed E-state index contributed by atoms with van der Waals surface area (Å²) in [5, 5.41) is 5.17. The van der Waals surface area contributed by atoms with Gasteiger partial charge in [0, 0.05) is 28.2 Å². The molecule has 31 heavy (non-hydrogen) atoms. The number of hydrogen-bond donors (Lipinski definition) is 1. The van der Waals surface area contributed by atoms with Crippen molar-refractivity contribution in [2.75, 3.05) is 5.32 Å². The predicted molar refractivity (Wildman–Crippen MR) is 129 cm³/mol. The molecule has 0 bridgehead atoms. The van der Waals surface area contributed by atoms with Crippen molar-refractivity contribution in [3.63, 3.8) is 0 Å². The maximum absolute atomic E-state index is 6.43. The van der Waals surface area contributed by atoms with E-state index in [1.807, 2.05) is 37.3 Å². The first-order valence-electron chi connectivity index (χ1n) is 10.1. The normalized spacial score (nSPS) is 11.1. The number of benzene rings is 3. The number of halogens is 1. The zero-order valence-corrected chi connectivity index (χ0v) is 18.1. The van der Waals surface area contributed by atoms with Gasteiger partial charge in [-0.15, -0.1) is 0 Å². The summed E-state index contributed by atoms with van der Waals surface area (Å²) in [6.07, 6.45) is 3.70. The minimum absolute atomic E-state index is 0.729. The summed E-state index contributed by atoms with van der Waals surface area (Å²) in [4.78, 5) is 9.23. The number of aryl methyl sites for hydroxylation is 2. The number of hydrogen-bond acceptors (Lipinski definition) is 3. The molecule has 4 nitrogen and oxygen atoms in total. The Morgan fingerprint density at radius 1 is 0.871 bits per heavy atom. The second-order valence-corrected chi connectivity index (χ2v) is 8.03. The van der Waals surface area contributed by atoms with Crippen LogP contribution >= 0.6 is 11.6 Å². The number of aromatic nitrogens is 3. The lowest BCUT2D eigenvalue weighted by molar-refractivity contribution is 1.07. The summed E-state index contributed by atoms with van der Waals surface area (Å²) >= 11 is 6.43. The SMILES string of the molecule is Cc1ccc(Nc2ncnc3c2c(-c2ccccc2)cn3-c2ccc(C)c(Cl)c2)cc1. The minimum atomic E-state index is 0.729. The third kappa shape index (κ3) is 3.66. The molecule has 2 heterocycles. The lowest BCUT2D eigenvalue weighted by atomic mass is 10.1. The smallest absolute Gasteiger partial charge is 0.150 e. The van der Waals surface area contributed by atoms with Gasteiger partial charge in [0.1, 0.15) is 12.1 Å². The quantitative estimate of drug-likeness (QED) is 0.334. The predicted octanol–water partition coefficient (Wildman–Crippen LogP) is 7.10. The van der Waals surface area contributed by atoms with E-state index in [2.05, 4.69) is 75.4 Å². The summed E-state index contributed by atoms with van der Waals surface area (Å²) in [6.45, 7) is 4.08. The Hall–Kier alpha value is -3.63. The van der Waals surface area contributed by atoms with Crippen LogP contribution < -0.4 is 5.32 Å². The molecular weight excluding hydrogens is 404 g/mol. The molecule has 5 heteroatoms. The van der Waals surface area contributed by atoms with Crippen molar-refractivity contribution in [2.45, 2.75) is 13.8 Å². The maximum atomic E-state index is 6.43. The van der Waals surface area contributed by atoms with Crippen molar-refractivity contribution in [2.24, 2.45) is 0 Å². The van der Waals surface area contributed by atoms with E-state index < -0.39 is 0 Å². The number of fused-ring (bicyclic) bond motifs is 1. The highest BCUT2D eigenvalue weighted by Gasteiger charge is 2.18. The van der Waals surface area contributed by atoms with Crippen LogP contribution in [0.3, 0.4) is 0 Å². The molecule has 0 radical (unpaired) electrons. The van der Waals surface area contributed by atoms with Crippen molar-refractivity contribution >= 4 is 34.1 Å². The molecular formula is C26H21ClN4. The van der Waals surface area contributed by atoms with Crippen LogP contribution in [0.2, 0.25) is 5.02 Å². The van der Waals surface area contributed by atoms with Crippen LogP contribution in [0.25, 0.3) is 27.8 Å². The molecule has 5 aromatic rings. The van der Waals surface area contributed by atoms with E-state index in [9.17, 15) is 0 Å². The van der Waals surface area contributed by atoms with E-state index in [1.54, 1.807) is 6.33 Å². The topological polar surface area (TPSA) is 42.7 Å². The van der Waals surface area contributed by atoms with Crippen LogP contribution in [0.15, 0.2) is 85.3 Å². The van der Waals surface area contributed by atoms with Gasteiger partial charge in [-0.2, -0.15) is 0 Å². The van der Waals surface area contributed by atoms with E-state index >= 15 is 0 Å². The zero-order valence-electron chi connectivity index (χ0n) is 17.3. The fourth-order valence-electron chi connectivity index (χ4n) is 3.70. The molecule has 0 saturated carbocycles. The third-order valence-electron chi connectivity index (χ3n) is 5.42. The number of rotatable bonds is 4. The molecule has 0 atom stereocenters. The Balaban J connectivity index is 1.74. The first-order chi connectivity index (χ1) is 15.1. The van der Waals surface area contributed by atoms with Gasteiger partial charge in [-0.3, -0.25) is 0 Å². The molecule has 0 aliphatic heterocycles. The molecule has 0 unspecified atom stereocenters. The van der Waals surface area contributed by atoms with E-state index in [1.165, 1.54) is 5.56 Å². The molecule has 0 saturated heterocycles. The summed E-state index contributed by atoms with van der Waals surface area (Å²) in [7, 11) is 0. The van der Waals surface area contributed by atoms with Crippen LogP contribution in [0.4, 0.5) is 11.5 Å². The number of anilines is 2. The Bertz CT molecular complexity index is 1370. The molecule has 5 rings (SSSR count). The van der Waals surface area contributed by atoms with E-state index in [-0.39, 0.29) is 0 Å². The van der Waals surface area contributed by atoms with Gasteiger partial charge in [0.15, 0.2) is 5.65 Å². The van der Waals surface area contributed by atoms with Crippen molar-refractivity contribution in [3.8, 4) is 16.8 Å². The lowest BCUT2D eigenvalue weighted by Gasteiger charge is -2.09. The first-order valence-corrected chi connectivity index (χ1v) is 10.5. The molecule has 0 amide bonds. The van der Waals surface area contributed by atoms with Crippen LogP contribution in [0.1, 0.15) is 11.1 Å². The van der Waals surface area contributed by atoms with Crippen molar-refractivity contribution in [1.82, 2.24) is 14.5 Å². The van der Waals surface area contributed by atoms with E-state index in [4.69, 9.17) is 11.6 Å². The average molecular weight is 425 g/mol. The summed E-state index contributed by atoms with van der Waals surface area (Å²) < 4.78 is 2.07. The van der Waals surface area contributed by atoms with Gasteiger partial charge in [0.2, 0.25) is 0 Å². The fraction of sp³-hybridized carbons (Fsp3) is 0.0769. The van der Waals surface area contributed by atoms with Crippen LogP contribution in [0.5, 0.6) is 0 Å². The monoisotopic (exact) mass is 424 g/mol. The van der Waals surface area contributed by atoms with Gasteiger partial charge >= 0.3 is 0 Å². The summed E-state index contributed by atoms with van der Waals surface area (Å²) in [6, 6.07) is 24.6. The van der Waals surface area contributed by atoms with Crippen molar-refractivity contribution in [1.29, 1.82) is 0 Å². The molecule has 0 aliphatic rings. The summed E-state index contributed by atoms with van der Waals surface area (Å²) in [5.74, 6) is 0.768. The highest BCUT2D eigenvalue weighted by Crippen LogP contribution is 2.36. The molecule has 3 aromatic carbocycles. The Labute approximate surface area is 186 Å². The van der Waals surface area contributed by atoms with E-state index in [0.717, 1.165) is 49.9 Å². The largest absolute Gasteiger partial charge is 0.340 e. The second kappa shape index (κ2) is 7.89. The Morgan fingerprint density at radius 3 is 2.39 bits per heavy atom. The van der Waals surface area contributed by atoms with Crippen LogP contribution in [0, 0.1) is 13.8 Å². The highest BCUT2D eigenvalue weighted by atomic mass is 35.5. The minimum Gasteiger partial charge on any atom is -0.340 e. The van der Waals surface area contributed by atoms with Crippen molar-refractivity contribution in [3.05, 3.63) is 101 Å². The lowest BCUT2D eigenvalue weighted by Crippen LogP contribution is -1.98. The average Bonchev–Trinajstić information content (AvgIpc) is 3.19. The number of nitrogens with one attached hydrogen (secondary N) is 1. The molecule has 0 spiro atoms. The summed E-state index contributed by atoms with van der Waals surface area (Å²) in [5.41, 5.74) is 7.18. The molecule has 152 valence electrons. The van der Waals surface area contributed by atoms with Crippen LogP contribution in [-0.2, 0) is 0 Å². The zero-order chi connectivity index (χ0) is 21.4. The van der Waals surface area contributed by atoms with E-state index in [0.29, 0.717) is 0 Å². The van der Waals surface area contributed by atoms with Gasteiger partial charge in [0.05, 0.1) is 5.39 Å². The Kier molecular flexibility index (Phi) is 4.92.